The van der Waals surface area contributed by atoms with Crippen molar-refractivity contribution < 1.29 is 14.3 Å². The molecule has 0 spiro atoms. The molecule has 0 aliphatic heterocycles. The Kier molecular flexibility index (Phi) is 4.53. The summed E-state index contributed by atoms with van der Waals surface area (Å²) in [4.78, 5) is 26.2. The number of fused-ring (bicyclic) bond motifs is 1. The van der Waals surface area contributed by atoms with Gasteiger partial charge < -0.3 is 9.14 Å². The highest BCUT2D eigenvalue weighted by Gasteiger charge is 2.28. The Balaban J connectivity index is 2.10. The van der Waals surface area contributed by atoms with Gasteiger partial charge in [-0.15, -0.1) is 0 Å². The second-order valence-corrected chi connectivity index (χ2v) is 6.61. The number of methoxy groups -OCH3 is 1. The van der Waals surface area contributed by atoms with Crippen LogP contribution >= 0.6 is 0 Å². The monoisotopic (exact) mass is 369 g/mol. The number of ether oxygens (including phenoxy) is 1. The second kappa shape index (κ2) is 7.16. The summed E-state index contributed by atoms with van der Waals surface area (Å²) < 4.78 is 6.79. The molecule has 2 heterocycles. The number of carbonyl (C=O) groups excluding carboxylic acids is 2. The third-order valence-electron chi connectivity index (χ3n) is 4.83. The lowest BCUT2D eigenvalue weighted by Gasteiger charge is -2.08. The fourth-order valence-electron chi connectivity index (χ4n) is 3.47. The standard InChI is InChI=1S/C24H19NO3/c1-16-11-13-17(14-12-16)20-21(23(26)18-8-4-3-5-9-18)19-10-6-7-15-25(19)22(20)24(27)28-2/h3-15H,1-2H3. The minimum Gasteiger partial charge on any atom is -0.464 e. The molecule has 4 heteroatoms. The lowest BCUT2D eigenvalue weighted by molar-refractivity contribution is 0.0594. The van der Waals surface area contributed by atoms with Crippen LogP contribution in [0.25, 0.3) is 16.6 Å². The molecule has 4 aromatic rings. The van der Waals surface area contributed by atoms with Crippen molar-refractivity contribution in [2.45, 2.75) is 6.92 Å². The molecule has 0 N–H and O–H groups in total. The highest BCUT2D eigenvalue weighted by Crippen LogP contribution is 2.35. The van der Waals surface area contributed by atoms with E-state index in [1.54, 1.807) is 22.7 Å². The van der Waals surface area contributed by atoms with E-state index in [1.807, 2.05) is 67.6 Å². The third-order valence-corrected chi connectivity index (χ3v) is 4.83. The van der Waals surface area contributed by atoms with Crippen molar-refractivity contribution in [1.82, 2.24) is 4.40 Å². The summed E-state index contributed by atoms with van der Waals surface area (Å²) in [6, 6.07) is 22.4. The van der Waals surface area contributed by atoms with Crippen LogP contribution < -0.4 is 0 Å². The van der Waals surface area contributed by atoms with E-state index in [-0.39, 0.29) is 5.78 Å². The van der Waals surface area contributed by atoms with Gasteiger partial charge in [-0.2, -0.15) is 0 Å². The Hall–Kier alpha value is -3.66. The van der Waals surface area contributed by atoms with Gasteiger partial charge in [-0.05, 0) is 24.6 Å². The number of pyridine rings is 1. The van der Waals surface area contributed by atoms with Crippen molar-refractivity contribution >= 4 is 17.3 Å². The quantitative estimate of drug-likeness (QED) is 0.378. The SMILES string of the molecule is COC(=O)c1c(-c2ccc(C)cc2)c(C(=O)c2ccccc2)c2ccccn12. The average molecular weight is 369 g/mol. The molecule has 0 bridgehead atoms. The van der Waals surface area contributed by atoms with Crippen LogP contribution in [-0.4, -0.2) is 23.3 Å². The molecule has 28 heavy (non-hydrogen) atoms. The Morgan fingerprint density at radius 3 is 2.21 bits per heavy atom. The first-order valence-corrected chi connectivity index (χ1v) is 9.00. The number of carbonyl (C=O) groups is 2. The highest BCUT2D eigenvalue weighted by molar-refractivity contribution is 6.20. The average Bonchev–Trinajstić information content (AvgIpc) is 3.09. The van der Waals surface area contributed by atoms with E-state index in [9.17, 15) is 9.59 Å². The lowest BCUT2D eigenvalue weighted by atomic mass is 9.94. The van der Waals surface area contributed by atoms with Crippen LogP contribution in [0.4, 0.5) is 0 Å². The third kappa shape index (κ3) is 2.89. The zero-order chi connectivity index (χ0) is 19.7. The van der Waals surface area contributed by atoms with Gasteiger partial charge in [0, 0.05) is 17.3 Å². The molecule has 4 rings (SSSR count). The summed E-state index contributed by atoms with van der Waals surface area (Å²) in [6.07, 6.45) is 1.78. The smallest absolute Gasteiger partial charge is 0.355 e. The highest BCUT2D eigenvalue weighted by atomic mass is 16.5. The van der Waals surface area contributed by atoms with Gasteiger partial charge >= 0.3 is 5.97 Å². The fraction of sp³-hybridized carbons (Fsp3) is 0.0833. The summed E-state index contributed by atoms with van der Waals surface area (Å²) in [5.74, 6) is -0.612. The molecule has 0 aliphatic rings. The van der Waals surface area contributed by atoms with Crippen LogP contribution in [0.2, 0.25) is 0 Å². The van der Waals surface area contributed by atoms with Crippen LogP contribution in [0.1, 0.15) is 32.0 Å². The maximum absolute atomic E-state index is 13.5. The molecule has 0 atom stereocenters. The van der Waals surface area contributed by atoms with E-state index in [4.69, 9.17) is 4.74 Å². The van der Waals surface area contributed by atoms with Crippen LogP contribution in [0, 0.1) is 6.92 Å². The molecule has 0 fully saturated rings. The summed E-state index contributed by atoms with van der Waals surface area (Å²) in [5.41, 5.74) is 4.58. The number of aryl methyl sites for hydroxylation is 1. The molecular formula is C24H19NO3. The first kappa shape index (κ1) is 17.7. The Bertz CT molecular complexity index is 1170. The van der Waals surface area contributed by atoms with E-state index in [2.05, 4.69) is 0 Å². The molecule has 0 saturated heterocycles. The van der Waals surface area contributed by atoms with Crippen LogP contribution in [-0.2, 0) is 4.74 Å². The topological polar surface area (TPSA) is 47.8 Å². The predicted octanol–water partition coefficient (Wildman–Crippen LogP) is 4.93. The summed E-state index contributed by atoms with van der Waals surface area (Å²) >= 11 is 0. The van der Waals surface area contributed by atoms with Gasteiger partial charge in [-0.1, -0.05) is 66.2 Å². The van der Waals surface area contributed by atoms with Gasteiger partial charge in [0.2, 0.25) is 0 Å². The number of hydrogen-bond acceptors (Lipinski definition) is 3. The number of ketones is 1. The van der Waals surface area contributed by atoms with Crippen LogP contribution in [0.5, 0.6) is 0 Å². The second-order valence-electron chi connectivity index (χ2n) is 6.61. The van der Waals surface area contributed by atoms with Gasteiger partial charge in [0.25, 0.3) is 0 Å². The summed E-state index contributed by atoms with van der Waals surface area (Å²) in [7, 11) is 1.35. The van der Waals surface area contributed by atoms with Crippen molar-refractivity contribution in [3.63, 3.8) is 0 Å². The van der Waals surface area contributed by atoms with Crippen molar-refractivity contribution in [1.29, 1.82) is 0 Å². The Morgan fingerprint density at radius 1 is 0.857 bits per heavy atom. The molecule has 0 radical (unpaired) electrons. The van der Waals surface area contributed by atoms with Gasteiger partial charge in [0.15, 0.2) is 5.78 Å². The van der Waals surface area contributed by atoms with Crippen molar-refractivity contribution in [3.8, 4) is 11.1 Å². The predicted molar refractivity (Wildman–Crippen MR) is 109 cm³/mol. The lowest BCUT2D eigenvalue weighted by Crippen LogP contribution is -2.07. The molecular weight excluding hydrogens is 350 g/mol. The molecule has 2 aromatic heterocycles. The number of nitrogens with zero attached hydrogens (tertiary/aromatic N) is 1. The largest absolute Gasteiger partial charge is 0.464 e. The van der Waals surface area contributed by atoms with Crippen LogP contribution in [0.3, 0.4) is 0 Å². The first-order chi connectivity index (χ1) is 13.6. The van der Waals surface area contributed by atoms with Crippen molar-refractivity contribution in [2.24, 2.45) is 0 Å². The van der Waals surface area contributed by atoms with Crippen LogP contribution in [0.15, 0.2) is 79.0 Å². The van der Waals surface area contributed by atoms with Gasteiger partial charge in [-0.25, -0.2) is 4.79 Å². The number of aromatic nitrogens is 1. The molecule has 4 nitrogen and oxygen atoms in total. The normalized spacial score (nSPS) is 10.8. The Labute approximate surface area is 163 Å². The summed E-state index contributed by atoms with van der Waals surface area (Å²) in [5, 5.41) is 0. The molecule has 0 aliphatic carbocycles. The molecule has 0 saturated carbocycles. The molecule has 138 valence electrons. The van der Waals surface area contributed by atoms with Crippen molar-refractivity contribution in [2.75, 3.05) is 7.11 Å². The Morgan fingerprint density at radius 2 is 1.54 bits per heavy atom. The minimum atomic E-state index is -0.483. The van der Waals surface area contributed by atoms with E-state index in [0.29, 0.717) is 27.9 Å². The maximum atomic E-state index is 13.5. The number of rotatable bonds is 4. The molecule has 0 unspecified atom stereocenters. The molecule has 2 aromatic carbocycles. The summed E-state index contributed by atoms with van der Waals surface area (Å²) in [6.45, 7) is 2.00. The molecule has 0 amide bonds. The maximum Gasteiger partial charge on any atom is 0.355 e. The van der Waals surface area contributed by atoms with Gasteiger partial charge in [0.05, 0.1) is 18.2 Å². The van der Waals surface area contributed by atoms with E-state index in [0.717, 1.165) is 11.1 Å². The minimum absolute atomic E-state index is 0.130. The van der Waals surface area contributed by atoms with E-state index < -0.39 is 5.97 Å². The van der Waals surface area contributed by atoms with Gasteiger partial charge in [0.1, 0.15) is 5.69 Å². The number of benzene rings is 2. The first-order valence-electron chi connectivity index (χ1n) is 9.00. The number of esters is 1. The number of hydrogen-bond donors (Lipinski definition) is 0. The zero-order valence-corrected chi connectivity index (χ0v) is 15.7. The fourth-order valence-corrected chi connectivity index (χ4v) is 3.47. The van der Waals surface area contributed by atoms with E-state index >= 15 is 0 Å². The van der Waals surface area contributed by atoms with Gasteiger partial charge in [-0.3, -0.25) is 4.79 Å². The van der Waals surface area contributed by atoms with E-state index in [1.165, 1.54) is 7.11 Å². The van der Waals surface area contributed by atoms with Crippen molar-refractivity contribution in [3.05, 3.63) is 101 Å². The zero-order valence-electron chi connectivity index (χ0n) is 15.7.